The molecule has 2 aromatic carbocycles. The van der Waals surface area contributed by atoms with Crippen LogP contribution < -0.4 is 5.32 Å². The van der Waals surface area contributed by atoms with Crippen LogP contribution in [0.5, 0.6) is 0 Å². The molecule has 0 saturated heterocycles. The van der Waals surface area contributed by atoms with Gasteiger partial charge in [0.15, 0.2) is 0 Å². The van der Waals surface area contributed by atoms with Gasteiger partial charge in [-0.25, -0.2) is 4.39 Å². The van der Waals surface area contributed by atoms with Crippen LogP contribution >= 0.6 is 23.2 Å². The van der Waals surface area contributed by atoms with Gasteiger partial charge in [-0.05, 0) is 49.7 Å². The quantitative estimate of drug-likeness (QED) is 0.776. The van der Waals surface area contributed by atoms with Crippen molar-refractivity contribution in [3.63, 3.8) is 0 Å². The standard InChI is InChI=1S/C15H14Cl2FN/c1-9-14(18)4-3-5-15(9)19-10(2)12-8-11(16)6-7-13(12)17/h3-8,10,19H,1-2H3. The van der Waals surface area contributed by atoms with E-state index < -0.39 is 0 Å². The highest BCUT2D eigenvalue weighted by Gasteiger charge is 2.12. The zero-order chi connectivity index (χ0) is 14.0. The zero-order valence-corrected chi connectivity index (χ0v) is 12.2. The third-order valence-electron chi connectivity index (χ3n) is 3.06. The molecule has 0 saturated carbocycles. The number of rotatable bonds is 3. The second kappa shape index (κ2) is 5.81. The van der Waals surface area contributed by atoms with Crippen LogP contribution in [0, 0.1) is 12.7 Å². The summed E-state index contributed by atoms with van der Waals surface area (Å²) in [7, 11) is 0. The average molecular weight is 298 g/mol. The van der Waals surface area contributed by atoms with Gasteiger partial charge in [0, 0.05) is 21.3 Å². The van der Waals surface area contributed by atoms with Gasteiger partial charge in [0.25, 0.3) is 0 Å². The van der Waals surface area contributed by atoms with Crippen LogP contribution in [-0.2, 0) is 0 Å². The molecule has 0 fully saturated rings. The van der Waals surface area contributed by atoms with E-state index in [1.807, 2.05) is 19.1 Å². The Morgan fingerprint density at radius 2 is 1.89 bits per heavy atom. The number of halogens is 3. The van der Waals surface area contributed by atoms with Gasteiger partial charge in [-0.1, -0.05) is 29.3 Å². The Morgan fingerprint density at radius 3 is 2.63 bits per heavy atom. The van der Waals surface area contributed by atoms with Gasteiger partial charge in [-0.2, -0.15) is 0 Å². The molecule has 1 atom stereocenters. The molecule has 19 heavy (non-hydrogen) atoms. The summed E-state index contributed by atoms with van der Waals surface area (Å²) in [5.41, 5.74) is 2.23. The van der Waals surface area contributed by atoms with Crippen molar-refractivity contribution in [3.05, 3.63) is 63.4 Å². The van der Waals surface area contributed by atoms with Crippen molar-refractivity contribution >= 4 is 28.9 Å². The number of nitrogens with one attached hydrogen (secondary N) is 1. The lowest BCUT2D eigenvalue weighted by Crippen LogP contribution is -2.08. The second-order valence-corrected chi connectivity index (χ2v) is 5.29. The van der Waals surface area contributed by atoms with Crippen LogP contribution in [0.2, 0.25) is 10.0 Å². The molecule has 1 unspecified atom stereocenters. The van der Waals surface area contributed by atoms with Crippen molar-refractivity contribution in [1.29, 1.82) is 0 Å². The van der Waals surface area contributed by atoms with Crippen LogP contribution in [-0.4, -0.2) is 0 Å². The van der Waals surface area contributed by atoms with Crippen molar-refractivity contribution in [3.8, 4) is 0 Å². The van der Waals surface area contributed by atoms with Crippen molar-refractivity contribution < 1.29 is 4.39 Å². The largest absolute Gasteiger partial charge is 0.378 e. The highest BCUT2D eigenvalue weighted by molar-refractivity contribution is 6.33. The third kappa shape index (κ3) is 3.20. The maximum Gasteiger partial charge on any atom is 0.128 e. The minimum absolute atomic E-state index is 0.0632. The molecule has 0 heterocycles. The topological polar surface area (TPSA) is 12.0 Å². The number of hydrogen-bond donors (Lipinski definition) is 1. The Hall–Kier alpha value is -1.25. The summed E-state index contributed by atoms with van der Waals surface area (Å²) in [6.45, 7) is 3.70. The molecular weight excluding hydrogens is 284 g/mol. The summed E-state index contributed by atoms with van der Waals surface area (Å²) in [5.74, 6) is -0.227. The lowest BCUT2D eigenvalue weighted by atomic mass is 10.1. The molecule has 2 rings (SSSR count). The first-order valence-corrected chi connectivity index (χ1v) is 6.71. The van der Waals surface area contributed by atoms with Crippen molar-refractivity contribution in [2.75, 3.05) is 5.32 Å². The molecule has 0 amide bonds. The molecule has 0 aliphatic rings. The zero-order valence-electron chi connectivity index (χ0n) is 10.7. The maximum absolute atomic E-state index is 13.5. The molecular formula is C15H14Cl2FN. The average Bonchev–Trinajstić information content (AvgIpc) is 2.38. The van der Waals surface area contributed by atoms with Crippen molar-refractivity contribution in [1.82, 2.24) is 0 Å². The van der Waals surface area contributed by atoms with E-state index in [4.69, 9.17) is 23.2 Å². The van der Waals surface area contributed by atoms with Crippen LogP contribution in [0.15, 0.2) is 36.4 Å². The summed E-state index contributed by atoms with van der Waals surface area (Å²) < 4.78 is 13.5. The van der Waals surface area contributed by atoms with Gasteiger partial charge in [0.05, 0.1) is 6.04 Å². The van der Waals surface area contributed by atoms with Gasteiger partial charge < -0.3 is 5.32 Å². The third-order valence-corrected chi connectivity index (χ3v) is 3.64. The molecule has 1 N–H and O–H groups in total. The molecule has 4 heteroatoms. The van der Waals surface area contributed by atoms with E-state index in [0.29, 0.717) is 15.6 Å². The summed E-state index contributed by atoms with van der Waals surface area (Å²) >= 11 is 12.1. The predicted octanol–water partition coefficient (Wildman–Crippen LogP) is 5.61. The first kappa shape index (κ1) is 14.2. The summed E-state index contributed by atoms with van der Waals surface area (Å²) in [4.78, 5) is 0. The normalized spacial score (nSPS) is 12.3. The SMILES string of the molecule is Cc1c(F)cccc1NC(C)c1cc(Cl)ccc1Cl. The van der Waals surface area contributed by atoms with Gasteiger partial charge in [0.2, 0.25) is 0 Å². The molecule has 0 bridgehead atoms. The number of hydrogen-bond acceptors (Lipinski definition) is 1. The Labute approximate surface area is 122 Å². The second-order valence-electron chi connectivity index (χ2n) is 4.44. The van der Waals surface area contributed by atoms with Gasteiger partial charge in [-0.3, -0.25) is 0 Å². The van der Waals surface area contributed by atoms with Gasteiger partial charge in [0.1, 0.15) is 5.82 Å². The molecule has 0 spiro atoms. The molecule has 100 valence electrons. The van der Waals surface area contributed by atoms with Crippen molar-refractivity contribution in [2.45, 2.75) is 19.9 Å². The van der Waals surface area contributed by atoms with Crippen molar-refractivity contribution in [2.24, 2.45) is 0 Å². The Kier molecular flexibility index (Phi) is 4.33. The molecule has 0 aliphatic heterocycles. The summed E-state index contributed by atoms with van der Waals surface area (Å²) in [5, 5.41) is 4.52. The predicted molar refractivity (Wildman–Crippen MR) is 79.6 cm³/mol. The Balaban J connectivity index is 2.28. The van der Waals surface area contributed by atoms with E-state index in [0.717, 1.165) is 11.3 Å². The highest BCUT2D eigenvalue weighted by Crippen LogP contribution is 2.29. The van der Waals surface area contributed by atoms with E-state index in [1.54, 1.807) is 25.1 Å². The van der Waals surface area contributed by atoms with Crippen LogP contribution in [0.3, 0.4) is 0 Å². The van der Waals surface area contributed by atoms with Crippen LogP contribution in [0.4, 0.5) is 10.1 Å². The Bertz CT molecular complexity index is 599. The van der Waals surface area contributed by atoms with E-state index in [9.17, 15) is 4.39 Å². The van der Waals surface area contributed by atoms with Crippen LogP contribution in [0.25, 0.3) is 0 Å². The molecule has 0 aliphatic carbocycles. The van der Waals surface area contributed by atoms with E-state index in [2.05, 4.69) is 5.32 Å². The van der Waals surface area contributed by atoms with E-state index in [1.165, 1.54) is 6.07 Å². The van der Waals surface area contributed by atoms with Gasteiger partial charge >= 0.3 is 0 Å². The summed E-state index contributed by atoms with van der Waals surface area (Å²) in [6, 6.07) is 10.2. The fraction of sp³-hybridized carbons (Fsp3) is 0.200. The number of anilines is 1. The minimum atomic E-state index is -0.227. The van der Waals surface area contributed by atoms with E-state index in [-0.39, 0.29) is 11.9 Å². The molecule has 0 radical (unpaired) electrons. The smallest absolute Gasteiger partial charge is 0.128 e. The first-order valence-electron chi connectivity index (χ1n) is 5.95. The lowest BCUT2D eigenvalue weighted by molar-refractivity contribution is 0.618. The summed E-state index contributed by atoms with van der Waals surface area (Å²) in [6.07, 6.45) is 0. The fourth-order valence-electron chi connectivity index (χ4n) is 1.92. The minimum Gasteiger partial charge on any atom is -0.378 e. The monoisotopic (exact) mass is 297 g/mol. The molecule has 0 aromatic heterocycles. The van der Waals surface area contributed by atoms with E-state index >= 15 is 0 Å². The highest BCUT2D eigenvalue weighted by atomic mass is 35.5. The molecule has 2 aromatic rings. The number of benzene rings is 2. The maximum atomic E-state index is 13.5. The molecule has 1 nitrogen and oxygen atoms in total. The Morgan fingerprint density at radius 1 is 1.16 bits per heavy atom. The first-order chi connectivity index (χ1) is 8.99. The van der Waals surface area contributed by atoms with Gasteiger partial charge in [-0.15, -0.1) is 0 Å². The lowest BCUT2D eigenvalue weighted by Gasteiger charge is -2.19. The fourth-order valence-corrected chi connectivity index (χ4v) is 2.38. The van der Waals surface area contributed by atoms with Crippen LogP contribution in [0.1, 0.15) is 24.1 Å².